The van der Waals surface area contributed by atoms with E-state index in [2.05, 4.69) is 0 Å². The van der Waals surface area contributed by atoms with Gasteiger partial charge in [-0.15, -0.1) is 0 Å². The highest BCUT2D eigenvalue weighted by molar-refractivity contribution is 8.13. The lowest BCUT2D eigenvalue weighted by atomic mass is 10.3. The van der Waals surface area contributed by atoms with Crippen LogP contribution in [0.4, 0.5) is 0 Å². The third-order valence-corrected chi connectivity index (χ3v) is 2.93. The number of aromatic nitrogens is 2. The number of carboxylic acids is 1. The van der Waals surface area contributed by atoms with Crippen molar-refractivity contribution >= 4 is 25.7 Å². The maximum Gasteiger partial charge on any atom is 0.325 e. The molecule has 0 bridgehead atoms. The van der Waals surface area contributed by atoms with Gasteiger partial charge in [0.2, 0.25) is 0 Å². The van der Waals surface area contributed by atoms with Crippen LogP contribution in [0.2, 0.25) is 0 Å². The zero-order chi connectivity index (χ0) is 12.5. The van der Waals surface area contributed by atoms with Crippen LogP contribution in [-0.2, 0) is 20.3 Å². The summed E-state index contributed by atoms with van der Waals surface area (Å²) in [7, 11) is 0.510. The quantitative estimate of drug-likeness (QED) is 0.578. The Balaban J connectivity index is 3.64. The van der Waals surface area contributed by atoms with Crippen LogP contribution in [-0.4, -0.2) is 29.5 Å². The molecule has 0 fully saturated rings. The van der Waals surface area contributed by atoms with E-state index < -0.39 is 43.3 Å². The van der Waals surface area contributed by atoms with Crippen LogP contribution in [0.3, 0.4) is 0 Å². The number of aliphatic carboxylic acids is 1. The molecule has 3 N–H and O–H groups in total. The normalized spacial score (nSPS) is 11.3. The minimum Gasteiger partial charge on any atom is -0.481 e. The van der Waals surface area contributed by atoms with Crippen LogP contribution >= 0.6 is 10.7 Å². The smallest absolute Gasteiger partial charge is 0.325 e. The van der Waals surface area contributed by atoms with E-state index in [4.69, 9.17) is 15.8 Å². The highest BCUT2D eigenvalue weighted by Gasteiger charge is 2.23. The molecule has 0 radical (unpaired) electrons. The summed E-state index contributed by atoms with van der Waals surface area (Å²) in [6.45, 7) is 0. The number of H-pyrrole nitrogens is 2. The minimum atomic E-state index is -4.43. The predicted octanol–water partition coefficient (Wildman–Crippen LogP) is -1.38. The van der Waals surface area contributed by atoms with Crippen molar-refractivity contribution in [2.45, 2.75) is 11.3 Å². The van der Waals surface area contributed by atoms with Crippen molar-refractivity contribution in [2.75, 3.05) is 0 Å². The van der Waals surface area contributed by atoms with Gasteiger partial charge in [0.25, 0.3) is 14.6 Å². The number of nitrogens with one attached hydrogen (secondary N) is 2. The molecule has 0 aliphatic heterocycles. The van der Waals surface area contributed by atoms with Gasteiger partial charge in [0, 0.05) is 10.7 Å². The lowest BCUT2D eigenvalue weighted by molar-refractivity contribution is -0.136. The standard InChI is InChI=1S/C6H5ClN2O6S/c7-16(14,15)4-2(1-3(10)11)8-6(13)9-5(4)12/h1H2,(H,10,11)(H2,8,9,12,13). The van der Waals surface area contributed by atoms with Gasteiger partial charge in [-0.3, -0.25) is 14.6 Å². The Morgan fingerprint density at radius 3 is 2.31 bits per heavy atom. The molecule has 0 aliphatic rings. The first-order valence-corrected chi connectivity index (χ1v) is 6.04. The van der Waals surface area contributed by atoms with Crippen LogP contribution < -0.4 is 11.2 Å². The monoisotopic (exact) mass is 268 g/mol. The van der Waals surface area contributed by atoms with Crippen LogP contribution in [0.25, 0.3) is 0 Å². The molecule has 1 aromatic rings. The van der Waals surface area contributed by atoms with Gasteiger partial charge in [0.15, 0.2) is 4.90 Å². The first-order valence-electron chi connectivity index (χ1n) is 3.73. The Labute approximate surface area is 92.3 Å². The van der Waals surface area contributed by atoms with Gasteiger partial charge in [-0.25, -0.2) is 13.2 Å². The average molecular weight is 269 g/mol. The van der Waals surface area contributed by atoms with Crippen molar-refractivity contribution in [1.82, 2.24) is 9.97 Å². The highest BCUT2D eigenvalue weighted by atomic mass is 35.7. The van der Waals surface area contributed by atoms with Crippen molar-refractivity contribution in [3.8, 4) is 0 Å². The minimum absolute atomic E-state index is 0.559. The summed E-state index contributed by atoms with van der Waals surface area (Å²) >= 11 is 0. The van der Waals surface area contributed by atoms with E-state index in [-0.39, 0.29) is 0 Å². The summed E-state index contributed by atoms with van der Waals surface area (Å²) in [6, 6.07) is 0. The maximum atomic E-state index is 11.2. The largest absolute Gasteiger partial charge is 0.481 e. The Morgan fingerprint density at radius 1 is 1.31 bits per heavy atom. The lowest BCUT2D eigenvalue weighted by Gasteiger charge is -2.01. The molecule has 1 aromatic heterocycles. The van der Waals surface area contributed by atoms with Crippen LogP contribution in [0, 0.1) is 0 Å². The van der Waals surface area contributed by atoms with Crippen molar-refractivity contribution < 1.29 is 18.3 Å². The fourth-order valence-corrected chi connectivity index (χ4v) is 2.24. The number of aromatic amines is 2. The molecule has 0 spiro atoms. The van der Waals surface area contributed by atoms with Crippen molar-refractivity contribution in [2.24, 2.45) is 0 Å². The molecule has 0 amide bonds. The second-order valence-corrected chi connectivity index (χ2v) is 5.23. The lowest BCUT2D eigenvalue weighted by Crippen LogP contribution is -2.29. The van der Waals surface area contributed by atoms with E-state index in [1.165, 1.54) is 0 Å². The van der Waals surface area contributed by atoms with Crippen molar-refractivity contribution in [1.29, 1.82) is 0 Å². The molecule has 16 heavy (non-hydrogen) atoms. The molecular formula is C6H5ClN2O6S. The number of carboxylic acid groups (broad SMARTS) is 1. The number of hydrogen-bond acceptors (Lipinski definition) is 5. The second kappa shape index (κ2) is 4.10. The van der Waals surface area contributed by atoms with Gasteiger partial charge in [-0.1, -0.05) is 0 Å². The van der Waals surface area contributed by atoms with Crippen molar-refractivity contribution in [3.63, 3.8) is 0 Å². The molecule has 8 nitrogen and oxygen atoms in total. The molecule has 0 atom stereocenters. The summed E-state index contributed by atoms with van der Waals surface area (Å²) < 4.78 is 22.0. The fraction of sp³-hybridized carbons (Fsp3) is 0.167. The Morgan fingerprint density at radius 2 is 1.88 bits per heavy atom. The average Bonchev–Trinajstić information content (AvgIpc) is 1.96. The zero-order valence-corrected chi connectivity index (χ0v) is 9.05. The first-order chi connectivity index (χ1) is 7.21. The Hall–Kier alpha value is -1.61. The summed E-state index contributed by atoms with van der Waals surface area (Å²) in [5.41, 5.74) is -2.82. The maximum absolute atomic E-state index is 11.2. The van der Waals surface area contributed by atoms with E-state index in [1.807, 2.05) is 4.98 Å². The molecule has 88 valence electrons. The molecular weight excluding hydrogens is 264 g/mol. The van der Waals surface area contributed by atoms with Gasteiger partial charge < -0.3 is 10.1 Å². The molecule has 1 rings (SSSR count). The molecule has 0 saturated carbocycles. The molecule has 10 heteroatoms. The topological polar surface area (TPSA) is 137 Å². The van der Waals surface area contributed by atoms with Crippen LogP contribution in [0.15, 0.2) is 14.5 Å². The number of carbonyl (C=O) groups is 1. The summed E-state index contributed by atoms with van der Waals surface area (Å²) in [6.07, 6.45) is -0.833. The van der Waals surface area contributed by atoms with Gasteiger partial charge >= 0.3 is 11.7 Å². The van der Waals surface area contributed by atoms with E-state index >= 15 is 0 Å². The van der Waals surface area contributed by atoms with Gasteiger partial charge in [-0.05, 0) is 0 Å². The fourth-order valence-electron chi connectivity index (χ4n) is 1.06. The summed E-state index contributed by atoms with van der Waals surface area (Å²) in [5.74, 6) is -1.41. The first kappa shape index (κ1) is 12.5. The number of halogens is 1. The van der Waals surface area contributed by atoms with E-state index in [1.54, 1.807) is 4.98 Å². The van der Waals surface area contributed by atoms with Gasteiger partial charge in [0.05, 0.1) is 12.1 Å². The molecule has 0 aliphatic carbocycles. The van der Waals surface area contributed by atoms with E-state index in [0.717, 1.165) is 0 Å². The highest BCUT2D eigenvalue weighted by Crippen LogP contribution is 2.12. The summed E-state index contributed by atoms with van der Waals surface area (Å²) in [5, 5.41) is 8.47. The van der Waals surface area contributed by atoms with E-state index in [0.29, 0.717) is 0 Å². The third kappa shape index (κ3) is 2.70. The van der Waals surface area contributed by atoms with Crippen molar-refractivity contribution in [3.05, 3.63) is 26.5 Å². The van der Waals surface area contributed by atoms with Crippen LogP contribution in [0.5, 0.6) is 0 Å². The Kier molecular flexibility index (Phi) is 3.19. The van der Waals surface area contributed by atoms with E-state index in [9.17, 15) is 22.8 Å². The zero-order valence-electron chi connectivity index (χ0n) is 7.48. The number of rotatable bonds is 3. The Bertz CT molecular complexity index is 642. The molecule has 0 unspecified atom stereocenters. The SMILES string of the molecule is O=C(O)Cc1[nH]c(=O)[nH]c(=O)c1S(=O)(=O)Cl. The predicted molar refractivity (Wildman–Crippen MR) is 52.1 cm³/mol. The molecule has 0 saturated heterocycles. The molecule has 0 aromatic carbocycles. The second-order valence-electron chi connectivity index (χ2n) is 2.72. The van der Waals surface area contributed by atoms with Gasteiger partial charge in [-0.2, -0.15) is 0 Å². The van der Waals surface area contributed by atoms with Gasteiger partial charge in [0.1, 0.15) is 0 Å². The third-order valence-electron chi connectivity index (χ3n) is 1.54. The number of hydrogen-bond donors (Lipinski definition) is 3. The molecule has 1 heterocycles. The summed E-state index contributed by atoms with van der Waals surface area (Å²) in [4.78, 5) is 35.0. The van der Waals surface area contributed by atoms with Crippen LogP contribution in [0.1, 0.15) is 5.69 Å².